The number of amides is 1. The van der Waals surface area contributed by atoms with Crippen LogP contribution in [0, 0.1) is 0 Å². The second-order valence-corrected chi connectivity index (χ2v) is 12.3. The van der Waals surface area contributed by atoms with Gasteiger partial charge < -0.3 is 10.1 Å². The van der Waals surface area contributed by atoms with Crippen molar-refractivity contribution in [3.05, 3.63) is 70.2 Å². The number of hydrogen-bond acceptors (Lipinski definition) is 5. The van der Waals surface area contributed by atoms with Gasteiger partial charge in [0.05, 0.1) is 10.6 Å². The van der Waals surface area contributed by atoms with Crippen molar-refractivity contribution in [2.75, 3.05) is 10.8 Å². The summed E-state index contributed by atoms with van der Waals surface area (Å²) in [5.74, 6) is -0.973. The highest BCUT2D eigenvalue weighted by Gasteiger charge is 2.30. The van der Waals surface area contributed by atoms with Gasteiger partial charge in [0.15, 0.2) is 0 Å². The van der Waals surface area contributed by atoms with E-state index >= 15 is 0 Å². The third-order valence-corrected chi connectivity index (χ3v) is 7.12. The number of hydrogen-bond donors (Lipinski definition) is 1. The number of benzene rings is 3. The van der Waals surface area contributed by atoms with E-state index in [4.69, 9.17) is 27.9 Å². The van der Waals surface area contributed by atoms with Crippen molar-refractivity contribution >= 4 is 61.6 Å². The summed E-state index contributed by atoms with van der Waals surface area (Å²) in [6, 6.07) is 13.9. The van der Waals surface area contributed by atoms with Crippen LogP contribution in [0.2, 0.25) is 10.0 Å². The number of sulfonamides is 1. The Kier molecular flexibility index (Phi) is 8.23. The van der Waals surface area contributed by atoms with Crippen LogP contribution in [0.25, 0.3) is 10.8 Å². The maximum Gasteiger partial charge on any atom is 0.327 e. The maximum absolute atomic E-state index is 13.7. The van der Waals surface area contributed by atoms with Crippen LogP contribution < -0.4 is 9.62 Å². The van der Waals surface area contributed by atoms with E-state index in [1.165, 1.54) is 18.2 Å². The van der Waals surface area contributed by atoms with E-state index in [1.54, 1.807) is 57.2 Å². The van der Waals surface area contributed by atoms with Crippen molar-refractivity contribution in [1.82, 2.24) is 5.32 Å². The van der Waals surface area contributed by atoms with E-state index in [-0.39, 0.29) is 32.6 Å². The number of nitrogens with zero attached hydrogens (tertiary/aromatic N) is 1. The smallest absolute Gasteiger partial charge is 0.327 e. The Hall–Kier alpha value is -2.81. The fourth-order valence-corrected chi connectivity index (χ4v) is 5.70. The molecule has 0 aliphatic carbocycles. The Morgan fingerprint density at radius 3 is 2.22 bits per heavy atom. The molecule has 3 aromatic carbocycles. The van der Waals surface area contributed by atoms with Crippen LogP contribution in [0.4, 0.5) is 5.69 Å². The summed E-state index contributed by atoms with van der Waals surface area (Å²) in [7, 11) is -4.28. The summed E-state index contributed by atoms with van der Waals surface area (Å²) in [6.07, 6.45) is 0. The number of esters is 1. The number of carbonyl (C=O) groups is 2. The minimum atomic E-state index is -4.28. The summed E-state index contributed by atoms with van der Waals surface area (Å²) in [5.41, 5.74) is -0.143. The molecule has 0 aromatic heterocycles. The van der Waals surface area contributed by atoms with Gasteiger partial charge in [0.25, 0.3) is 15.9 Å². The van der Waals surface area contributed by atoms with Gasteiger partial charge >= 0.3 is 5.97 Å². The van der Waals surface area contributed by atoms with Crippen LogP contribution in [-0.2, 0) is 19.6 Å². The maximum atomic E-state index is 13.7. The number of anilines is 1. The lowest BCUT2D eigenvalue weighted by atomic mass is 10.0. The fraction of sp³-hybridized carbons (Fsp3) is 0.308. The van der Waals surface area contributed by atoms with Crippen molar-refractivity contribution in [2.45, 2.75) is 51.2 Å². The molecule has 0 radical (unpaired) electrons. The molecule has 0 atom stereocenters. The molecule has 1 N–H and O–H groups in total. The lowest BCUT2D eigenvalue weighted by Crippen LogP contribution is -2.39. The van der Waals surface area contributed by atoms with Crippen LogP contribution in [0.3, 0.4) is 0 Å². The lowest BCUT2D eigenvalue weighted by Gasteiger charge is -2.27. The molecular weight excluding hydrogens is 523 g/mol. The SMILES string of the molecule is CC(C)NC(=O)c1cccc2cc(N(CC(=O)OC(C)(C)C)S(=O)(=O)c3cc(Cl)cc(Cl)c3)ccc12. The summed E-state index contributed by atoms with van der Waals surface area (Å²) in [6.45, 7) is 8.23. The van der Waals surface area contributed by atoms with Gasteiger partial charge in [0, 0.05) is 21.7 Å². The molecule has 192 valence electrons. The van der Waals surface area contributed by atoms with E-state index in [0.29, 0.717) is 16.3 Å². The van der Waals surface area contributed by atoms with Crippen molar-refractivity contribution in [3.63, 3.8) is 0 Å². The van der Waals surface area contributed by atoms with Crippen molar-refractivity contribution in [3.8, 4) is 0 Å². The molecule has 1 amide bonds. The highest BCUT2D eigenvalue weighted by Crippen LogP contribution is 2.31. The van der Waals surface area contributed by atoms with Gasteiger partial charge in [-0.1, -0.05) is 41.4 Å². The van der Waals surface area contributed by atoms with Crippen molar-refractivity contribution in [2.24, 2.45) is 0 Å². The second-order valence-electron chi connectivity index (χ2n) is 9.54. The topological polar surface area (TPSA) is 92.8 Å². The molecule has 0 bridgehead atoms. The third kappa shape index (κ3) is 6.69. The number of rotatable bonds is 7. The zero-order valence-electron chi connectivity index (χ0n) is 20.6. The van der Waals surface area contributed by atoms with Gasteiger partial charge in [0.1, 0.15) is 12.1 Å². The fourth-order valence-electron chi connectivity index (χ4n) is 3.57. The molecule has 3 aromatic rings. The van der Waals surface area contributed by atoms with E-state index < -0.39 is 28.1 Å². The molecule has 0 spiro atoms. The number of nitrogens with one attached hydrogen (secondary N) is 1. The number of ether oxygens (including phenoxy) is 1. The van der Waals surface area contributed by atoms with Gasteiger partial charge in [-0.15, -0.1) is 0 Å². The second kappa shape index (κ2) is 10.7. The van der Waals surface area contributed by atoms with E-state index in [9.17, 15) is 18.0 Å². The first-order valence-electron chi connectivity index (χ1n) is 11.2. The number of carbonyl (C=O) groups excluding carboxylic acids is 2. The Morgan fingerprint density at radius 2 is 1.64 bits per heavy atom. The molecule has 7 nitrogen and oxygen atoms in total. The van der Waals surface area contributed by atoms with Crippen LogP contribution in [0.1, 0.15) is 45.0 Å². The molecule has 10 heteroatoms. The highest BCUT2D eigenvalue weighted by molar-refractivity contribution is 7.92. The zero-order valence-corrected chi connectivity index (χ0v) is 23.0. The van der Waals surface area contributed by atoms with Crippen molar-refractivity contribution in [1.29, 1.82) is 0 Å². The Morgan fingerprint density at radius 1 is 1.00 bits per heavy atom. The first-order valence-corrected chi connectivity index (χ1v) is 13.4. The van der Waals surface area contributed by atoms with Crippen LogP contribution >= 0.6 is 23.2 Å². The van der Waals surface area contributed by atoms with E-state index in [2.05, 4.69) is 5.32 Å². The third-order valence-electron chi connectivity index (χ3n) is 4.93. The van der Waals surface area contributed by atoms with Crippen LogP contribution in [0.15, 0.2) is 59.5 Å². The summed E-state index contributed by atoms with van der Waals surface area (Å²) < 4.78 is 33.8. The molecule has 0 saturated heterocycles. The van der Waals surface area contributed by atoms with E-state index in [1.807, 2.05) is 13.8 Å². The quantitative estimate of drug-likeness (QED) is 0.374. The van der Waals surface area contributed by atoms with Gasteiger partial charge in [-0.3, -0.25) is 13.9 Å². The monoisotopic (exact) mass is 550 g/mol. The molecule has 0 saturated carbocycles. The molecule has 0 heterocycles. The number of halogens is 2. The first kappa shape index (κ1) is 27.8. The van der Waals surface area contributed by atoms with Crippen LogP contribution in [-0.4, -0.2) is 38.5 Å². The number of fused-ring (bicyclic) bond motifs is 1. The summed E-state index contributed by atoms with van der Waals surface area (Å²) in [4.78, 5) is 25.2. The molecule has 0 unspecified atom stereocenters. The summed E-state index contributed by atoms with van der Waals surface area (Å²) in [5, 5.41) is 4.40. The lowest BCUT2D eigenvalue weighted by molar-refractivity contribution is -0.152. The van der Waals surface area contributed by atoms with Crippen LogP contribution in [0.5, 0.6) is 0 Å². The predicted molar refractivity (Wildman–Crippen MR) is 143 cm³/mol. The molecule has 3 rings (SSSR count). The van der Waals surface area contributed by atoms with Gasteiger partial charge in [-0.25, -0.2) is 8.42 Å². The summed E-state index contributed by atoms with van der Waals surface area (Å²) >= 11 is 12.1. The van der Waals surface area contributed by atoms with Gasteiger partial charge in [0.2, 0.25) is 0 Å². The molecular formula is C26H28Cl2N2O5S. The average molecular weight is 551 g/mol. The Balaban J connectivity index is 2.14. The molecule has 0 aliphatic heterocycles. The standard InChI is InChI=1S/C26H28Cl2N2O5S/c1-16(2)29-25(32)23-8-6-7-17-11-20(9-10-22(17)23)30(15-24(31)35-26(3,4)5)36(33,34)21-13-18(27)12-19(28)14-21/h6-14,16H,15H2,1-5H3,(H,29,32). The Labute approximate surface area is 221 Å². The zero-order chi connectivity index (χ0) is 26.8. The molecule has 36 heavy (non-hydrogen) atoms. The minimum absolute atomic E-state index is 0.0500. The molecule has 0 aliphatic rings. The molecule has 0 fully saturated rings. The van der Waals surface area contributed by atoms with Gasteiger partial charge in [-0.05, 0) is 81.8 Å². The first-order chi connectivity index (χ1) is 16.7. The largest absolute Gasteiger partial charge is 0.459 e. The normalized spacial score (nSPS) is 12.0. The Bertz CT molecular complexity index is 1400. The van der Waals surface area contributed by atoms with Crippen molar-refractivity contribution < 1.29 is 22.7 Å². The average Bonchev–Trinajstić information content (AvgIpc) is 2.74. The highest BCUT2D eigenvalue weighted by atomic mass is 35.5. The predicted octanol–water partition coefficient (Wildman–Crippen LogP) is 5.82. The van der Waals surface area contributed by atoms with E-state index in [0.717, 1.165) is 4.31 Å². The van der Waals surface area contributed by atoms with Gasteiger partial charge in [-0.2, -0.15) is 0 Å². The minimum Gasteiger partial charge on any atom is -0.459 e.